The van der Waals surface area contributed by atoms with Crippen LogP contribution in [0.5, 0.6) is 0 Å². The number of carboxylic acid groups (broad SMARTS) is 2. The number of aromatic carboxylic acids is 2. The molecular formula is C14H12N2O4. The second-order valence-corrected chi connectivity index (χ2v) is 4.38. The molecule has 0 radical (unpaired) electrons. The number of hydrogen-bond acceptors (Lipinski definition) is 4. The standard InChI is InChI=1S/C14H12N2O4/c1-7-3-9(13(17)18)5-11(15-7)12-6-10(14(19)20)4-8(2)16-12/h3-6H,1-2H3,(H,17,18)(H,19,20). The number of pyridine rings is 2. The molecule has 0 bridgehead atoms. The smallest absolute Gasteiger partial charge is 0.335 e. The maximum atomic E-state index is 11.0. The van der Waals surface area contributed by atoms with E-state index in [9.17, 15) is 9.59 Å². The zero-order valence-corrected chi connectivity index (χ0v) is 10.9. The summed E-state index contributed by atoms with van der Waals surface area (Å²) in [5.74, 6) is -2.13. The van der Waals surface area contributed by atoms with Crippen LogP contribution in [-0.4, -0.2) is 32.1 Å². The number of aromatic nitrogens is 2. The molecule has 102 valence electrons. The van der Waals surface area contributed by atoms with Crippen molar-refractivity contribution in [1.29, 1.82) is 0 Å². The summed E-state index contributed by atoms with van der Waals surface area (Å²) in [7, 11) is 0. The second kappa shape index (κ2) is 5.08. The molecule has 0 aliphatic rings. The molecule has 0 aromatic carbocycles. The molecule has 6 heteroatoms. The van der Waals surface area contributed by atoms with Crippen molar-refractivity contribution in [1.82, 2.24) is 9.97 Å². The number of hydrogen-bond donors (Lipinski definition) is 2. The Hall–Kier alpha value is -2.76. The first-order valence-electron chi connectivity index (χ1n) is 5.81. The van der Waals surface area contributed by atoms with Crippen LogP contribution in [0.4, 0.5) is 0 Å². The Morgan fingerprint density at radius 1 is 0.800 bits per heavy atom. The van der Waals surface area contributed by atoms with Gasteiger partial charge in [-0.25, -0.2) is 9.59 Å². The lowest BCUT2D eigenvalue weighted by atomic mass is 10.1. The quantitative estimate of drug-likeness (QED) is 0.887. The highest BCUT2D eigenvalue weighted by Crippen LogP contribution is 2.19. The van der Waals surface area contributed by atoms with Crippen LogP contribution in [0.1, 0.15) is 32.1 Å². The first kappa shape index (κ1) is 13.7. The molecule has 6 nitrogen and oxygen atoms in total. The van der Waals surface area contributed by atoms with Gasteiger partial charge in [-0.3, -0.25) is 9.97 Å². The largest absolute Gasteiger partial charge is 0.478 e. The van der Waals surface area contributed by atoms with E-state index < -0.39 is 11.9 Å². The van der Waals surface area contributed by atoms with Crippen molar-refractivity contribution in [3.05, 3.63) is 46.8 Å². The third kappa shape index (κ3) is 2.80. The van der Waals surface area contributed by atoms with Crippen LogP contribution in [-0.2, 0) is 0 Å². The van der Waals surface area contributed by atoms with Gasteiger partial charge in [0.05, 0.1) is 22.5 Å². The average molecular weight is 272 g/mol. The Morgan fingerprint density at radius 3 is 1.45 bits per heavy atom. The topological polar surface area (TPSA) is 100 Å². The van der Waals surface area contributed by atoms with E-state index in [1.165, 1.54) is 24.3 Å². The van der Waals surface area contributed by atoms with Gasteiger partial charge in [-0.15, -0.1) is 0 Å². The average Bonchev–Trinajstić information content (AvgIpc) is 2.37. The minimum absolute atomic E-state index is 0.0904. The summed E-state index contributed by atoms with van der Waals surface area (Å²) in [6, 6.07) is 5.64. The fourth-order valence-corrected chi connectivity index (χ4v) is 1.85. The summed E-state index contributed by atoms with van der Waals surface area (Å²) in [4.78, 5) is 30.5. The van der Waals surface area contributed by atoms with E-state index >= 15 is 0 Å². The van der Waals surface area contributed by atoms with Crippen molar-refractivity contribution >= 4 is 11.9 Å². The molecular weight excluding hydrogens is 260 g/mol. The maximum Gasteiger partial charge on any atom is 0.335 e. The number of carbonyl (C=O) groups is 2. The molecule has 0 unspecified atom stereocenters. The Labute approximate surface area is 114 Å². The molecule has 2 aromatic rings. The van der Waals surface area contributed by atoms with Crippen molar-refractivity contribution in [2.75, 3.05) is 0 Å². The van der Waals surface area contributed by atoms with E-state index in [1.54, 1.807) is 13.8 Å². The summed E-state index contributed by atoms with van der Waals surface area (Å²) < 4.78 is 0. The van der Waals surface area contributed by atoms with Gasteiger partial charge >= 0.3 is 11.9 Å². The number of carboxylic acids is 2. The molecule has 0 atom stereocenters. The van der Waals surface area contributed by atoms with E-state index in [0.29, 0.717) is 22.8 Å². The van der Waals surface area contributed by atoms with Gasteiger partial charge in [-0.05, 0) is 38.1 Å². The summed E-state index contributed by atoms with van der Waals surface area (Å²) >= 11 is 0. The van der Waals surface area contributed by atoms with Crippen molar-refractivity contribution in [3.63, 3.8) is 0 Å². The van der Waals surface area contributed by atoms with E-state index in [1.807, 2.05) is 0 Å². The van der Waals surface area contributed by atoms with Gasteiger partial charge in [-0.1, -0.05) is 0 Å². The molecule has 0 saturated heterocycles. The van der Waals surface area contributed by atoms with Crippen LogP contribution in [0.3, 0.4) is 0 Å². The first-order valence-corrected chi connectivity index (χ1v) is 5.81. The number of nitrogens with zero attached hydrogens (tertiary/aromatic N) is 2. The molecule has 0 aliphatic carbocycles. The predicted molar refractivity (Wildman–Crippen MR) is 70.9 cm³/mol. The van der Waals surface area contributed by atoms with Crippen LogP contribution >= 0.6 is 0 Å². The van der Waals surface area contributed by atoms with Crippen LogP contribution in [0.25, 0.3) is 11.4 Å². The molecule has 0 spiro atoms. The zero-order valence-electron chi connectivity index (χ0n) is 10.9. The third-order valence-electron chi connectivity index (χ3n) is 2.66. The highest BCUT2D eigenvalue weighted by atomic mass is 16.4. The van der Waals surface area contributed by atoms with E-state index in [-0.39, 0.29) is 11.1 Å². The lowest BCUT2D eigenvalue weighted by Gasteiger charge is -2.06. The Kier molecular flexibility index (Phi) is 3.47. The van der Waals surface area contributed by atoms with Crippen LogP contribution in [0, 0.1) is 13.8 Å². The molecule has 0 amide bonds. The summed E-state index contributed by atoms with van der Waals surface area (Å²) in [6.07, 6.45) is 0. The van der Waals surface area contributed by atoms with Crippen molar-refractivity contribution < 1.29 is 19.8 Å². The monoisotopic (exact) mass is 272 g/mol. The summed E-state index contributed by atoms with van der Waals surface area (Å²) in [5.41, 5.74) is 1.92. The van der Waals surface area contributed by atoms with E-state index in [4.69, 9.17) is 10.2 Å². The van der Waals surface area contributed by atoms with Gasteiger partial charge in [0.25, 0.3) is 0 Å². The zero-order chi connectivity index (χ0) is 14.9. The molecule has 0 aliphatic heterocycles. The summed E-state index contributed by atoms with van der Waals surface area (Å²) in [5, 5.41) is 18.1. The fraction of sp³-hybridized carbons (Fsp3) is 0.143. The van der Waals surface area contributed by atoms with Gasteiger partial charge in [0.15, 0.2) is 0 Å². The molecule has 2 heterocycles. The van der Waals surface area contributed by atoms with Gasteiger partial charge in [0.2, 0.25) is 0 Å². The van der Waals surface area contributed by atoms with Gasteiger partial charge < -0.3 is 10.2 Å². The molecule has 2 rings (SSSR count). The molecule has 0 saturated carbocycles. The van der Waals surface area contributed by atoms with Crippen LogP contribution in [0.15, 0.2) is 24.3 Å². The normalized spacial score (nSPS) is 10.3. The molecule has 2 aromatic heterocycles. The lowest BCUT2D eigenvalue weighted by Crippen LogP contribution is -2.03. The van der Waals surface area contributed by atoms with Crippen LogP contribution < -0.4 is 0 Å². The lowest BCUT2D eigenvalue weighted by molar-refractivity contribution is 0.0685. The highest BCUT2D eigenvalue weighted by molar-refractivity contribution is 5.90. The predicted octanol–water partition coefficient (Wildman–Crippen LogP) is 2.16. The summed E-state index contributed by atoms with van der Waals surface area (Å²) in [6.45, 7) is 3.34. The minimum Gasteiger partial charge on any atom is -0.478 e. The molecule has 2 N–H and O–H groups in total. The van der Waals surface area contributed by atoms with E-state index in [0.717, 1.165) is 0 Å². The fourth-order valence-electron chi connectivity index (χ4n) is 1.85. The minimum atomic E-state index is -1.07. The van der Waals surface area contributed by atoms with Crippen molar-refractivity contribution in [3.8, 4) is 11.4 Å². The highest BCUT2D eigenvalue weighted by Gasteiger charge is 2.12. The van der Waals surface area contributed by atoms with Gasteiger partial charge in [-0.2, -0.15) is 0 Å². The Morgan fingerprint density at radius 2 is 1.15 bits per heavy atom. The van der Waals surface area contributed by atoms with E-state index in [2.05, 4.69) is 9.97 Å². The number of rotatable bonds is 3. The Balaban J connectivity index is 2.62. The Bertz CT molecular complexity index is 649. The maximum absolute atomic E-state index is 11.0. The van der Waals surface area contributed by atoms with Crippen molar-refractivity contribution in [2.24, 2.45) is 0 Å². The molecule has 20 heavy (non-hydrogen) atoms. The van der Waals surface area contributed by atoms with Crippen molar-refractivity contribution in [2.45, 2.75) is 13.8 Å². The molecule has 0 fully saturated rings. The second-order valence-electron chi connectivity index (χ2n) is 4.38. The first-order chi connectivity index (χ1) is 9.36. The van der Waals surface area contributed by atoms with Gasteiger partial charge in [0, 0.05) is 11.4 Å². The third-order valence-corrected chi connectivity index (χ3v) is 2.66. The van der Waals surface area contributed by atoms with Gasteiger partial charge in [0.1, 0.15) is 0 Å². The van der Waals surface area contributed by atoms with Crippen LogP contribution in [0.2, 0.25) is 0 Å². The number of aryl methyl sites for hydroxylation is 2. The SMILES string of the molecule is Cc1cc(C(=O)O)cc(-c2cc(C(=O)O)cc(C)n2)n1.